The molecule has 5 N–H and O–H groups in total. The van der Waals surface area contributed by atoms with Crippen LogP contribution in [0.3, 0.4) is 0 Å². The van der Waals surface area contributed by atoms with E-state index in [4.69, 9.17) is 22.4 Å². The summed E-state index contributed by atoms with van der Waals surface area (Å²) in [6.07, 6.45) is -2.18. The van der Waals surface area contributed by atoms with Crippen LogP contribution in [0.1, 0.15) is 30.9 Å². The Morgan fingerprint density at radius 2 is 2.06 bits per heavy atom. The third kappa shape index (κ3) is 5.50. The average molecular weight is 507 g/mol. The van der Waals surface area contributed by atoms with E-state index in [0.29, 0.717) is 19.2 Å². The maximum atomic E-state index is 14.9. The number of anilines is 3. The molecule has 2 aromatic rings. The summed E-state index contributed by atoms with van der Waals surface area (Å²) in [6, 6.07) is -1.88. The fourth-order valence-corrected chi connectivity index (χ4v) is 3.98. The van der Waals surface area contributed by atoms with Crippen molar-refractivity contribution in [3.63, 3.8) is 0 Å². The van der Waals surface area contributed by atoms with Gasteiger partial charge in [0.05, 0.1) is 17.9 Å². The first-order valence-corrected chi connectivity index (χ1v) is 11.0. The molecule has 2 aromatic heterocycles. The highest BCUT2D eigenvalue weighted by Crippen LogP contribution is 2.37. The Labute approximate surface area is 196 Å². The first-order valence-electron chi connectivity index (χ1n) is 10.6. The third-order valence-electron chi connectivity index (χ3n) is 5.67. The van der Waals surface area contributed by atoms with Gasteiger partial charge in [-0.3, -0.25) is 9.69 Å². The zero-order valence-corrected chi connectivity index (χ0v) is 18.5. The predicted molar refractivity (Wildman–Crippen MR) is 115 cm³/mol. The lowest BCUT2D eigenvalue weighted by atomic mass is 10.0. The summed E-state index contributed by atoms with van der Waals surface area (Å²) in [4.78, 5) is 20.2. The molecule has 1 saturated heterocycles. The Bertz CT molecular complexity index is 1050. The van der Waals surface area contributed by atoms with Gasteiger partial charge in [0.15, 0.2) is 5.15 Å². The van der Waals surface area contributed by atoms with E-state index < -0.39 is 36.0 Å². The Morgan fingerprint density at radius 3 is 2.68 bits per heavy atom. The van der Waals surface area contributed by atoms with Crippen LogP contribution in [0, 0.1) is 0 Å². The first kappa shape index (κ1) is 24.4. The number of hydrogen-bond acceptors (Lipinski definition) is 8. The van der Waals surface area contributed by atoms with E-state index >= 15 is 0 Å². The van der Waals surface area contributed by atoms with Crippen LogP contribution in [0.2, 0.25) is 5.15 Å². The number of likely N-dealkylation sites (tertiary alicyclic amines) is 1. The summed E-state index contributed by atoms with van der Waals surface area (Å²) in [5, 5.41) is 18.6. The van der Waals surface area contributed by atoms with Gasteiger partial charge in [0.2, 0.25) is 5.95 Å². The van der Waals surface area contributed by atoms with Crippen molar-refractivity contribution in [1.82, 2.24) is 24.6 Å². The van der Waals surface area contributed by atoms with Crippen LogP contribution >= 0.6 is 11.6 Å². The average Bonchev–Trinajstić information content (AvgIpc) is 3.50. The third-order valence-corrected chi connectivity index (χ3v) is 6.05. The van der Waals surface area contributed by atoms with Gasteiger partial charge in [-0.2, -0.15) is 23.3 Å². The second-order valence-corrected chi connectivity index (χ2v) is 8.73. The largest absolute Gasteiger partial charge is 0.480 e. The van der Waals surface area contributed by atoms with Gasteiger partial charge in [0, 0.05) is 31.9 Å². The summed E-state index contributed by atoms with van der Waals surface area (Å²) in [5.74, 6) is -1.61. The van der Waals surface area contributed by atoms with Gasteiger partial charge in [-0.1, -0.05) is 11.6 Å². The Balaban J connectivity index is 1.46. The first-order chi connectivity index (χ1) is 16.0. The Morgan fingerprint density at radius 1 is 1.32 bits per heavy atom. The molecule has 1 aliphatic carbocycles. The van der Waals surface area contributed by atoms with E-state index in [-0.39, 0.29) is 41.7 Å². The van der Waals surface area contributed by atoms with Crippen molar-refractivity contribution < 1.29 is 27.5 Å². The topological polar surface area (TPSA) is 134 Å². The van der Waals surface area contributed by atoms with E-state index in [0.717, 1.165) is 12.8 Å². The number of carboxylic acid groups (broad SMARTS) is 1. The Kier molecular flexibility index (Phi) is 6.82. The normalized spacial score (nSPS) is 22.4. The molecule has 3 atom stereocenters. The second-order valence-electron chi connectivity index (χ2n) is 8.37. The highest BCUT2D eigenvalue weighted by molar-refractivity contribution is 6.32. The molecule has 34 heavy (non-hydrogen) atoms. The van der Waals surface area contributed by atoms with Crippen LogP contribution in [-0.4, -0.2) is 73.6 Å². The molecular weight excluding hydrogens is 484 g/mol. The van der Waals surface area contributed by atoms with Gasteiger partial charge in [-0.15, -0.1) is 0 Å². The van der Waals surface area contributed by atoms with E-state index in [1.165, 1.54) is 10.9 Å². The number of aromatic nitrogens is 4. The van der Waals surface area contributed by atoms with Crippen molar-refractivity contribution in [2.24, 2.45) is 5.73 Å². The minimum Gasteiger partial charge on any atom is -0.480 e. The summed E-state index contributed by atoms with van der Waals surface area (Å²) in [5.41, 5.74) is 4.76. The van der Waals surface area contributed by atoms with Crippen LogP contribution in [0.4, 0.5) is 35.0 Å². The molecule has 0 aromatic carbocycles. The number of nitrogens with one attached hydrogen (secondary N) is 2. The van der Waals surface area contributed by atoms with Gasteiger partial charge in [-0.25, -0.2) is 14.1 Å². The lowest BCUT2D eigenvalue weighted by molar-refractivity contribution is -0.139. The zero-order chi connectivity index (χ0) is 24.6. The molecule has 0 spiro atoms. The number of halogens is 5. The molecule has 0 amide bonds. The monoisotopic (exact) mass is 506 g/mol. The van der Waals surface area contributed by atoms with Crippen molar-refractivity contribution >= 4 is 35.0 Å². The summed E-state index contributed by atoms with van der Waals surface area (Å²) < 4.78 is 56.0. The SMILES string of the molecule is N[C@@H](CN1CC[C@H](n2ncc(Nc3ncc(C(F)(F)F)c(NC4CC4)n3)c2Cl)[C@@H](F)C1)C(=O)O. The van der Waals surface area contributed by atoms with E-state index in [2.05, 4.69) is 25.7 Å². The quantitative estimate of drug-likeness (QED) is 0.398. The standard InChI is InChI=1S/C19H23ClF4N8O2/c20-15-13(29-18-26-5-10(19(22,23)24)16(30-18)28-9-1-2-9)6-27-32(15)14-3-4-31(7-11(14)21)8-12(25)17(33)34/h5-6,9,11-12,14H,1-4,7-8,25H2,(H,33,34)(H2,26,28,29,30)/t11-,12-,14-/m0/s1. The van der Waals surface area contributed by atoms with Gasteiger partial charge >= 0.3 is 12.1 Å². The molecule has 2 aliphatic rings. The molecular formula is C19H23ClF4N8O2. The second kappa shape index (κ2) is 9.50. The molecule has 0 bridgehead atoms. The van der Waals surface area contributed by atoms with Crippen molar-refractivity contribution in [1.29, 1.82) is 0 Å². The summed E-state index contributed by atoms with van der Waals surface area (Å²) in [6.45, 7) is 0.372. The molecule has 15 heteroatoms. The van der Waals surface area contributed by atoms with Crippen LogP contribution in [0.5, 0.6) is 0 Å². The molecule has 10 nitrogen and oxygen atoms in total. The van der Waals surface area contributed by atoms with Crippen LogP contribution in [0.15, 0.2) is 12.4 Å². The number of carboxylic acids is 1. The lowest BCUT2D eigenvalue weighted by Gasteiger charge is -2.35. The van der Waals surface area contributed by atoms with E-state index in [9.17, 15) is 22.4 Å². The summed E-state index contributed by atoms with van der Waals surface area (Å²) in [7, 11) is 0. The van der Waals surface area contributed by atoms with Crippen molar-refractivity contribution in [2.75, 3.05) is 30.3 Å². The number of carbonyl (C=O) groups is 1. The number of aliphatic carboxylic acids is 1. The van der Waals surface area contributed by atoms with E-state index in [1.54, 1.807) is 4.90 Å². The lowest BCUT2D eigenvalue weighted by Crippen LogP contribution is -2.49. The van der Waals surface area contributed by atoms with Gasteiger partial charge in [-0.05, 0) is 19.3 Å². The molecule has 0 radical (unpaired) electrons. The Hall–Kier alpha value is -2.71. The zero-order valence-electron chi connectivity index (χ0n) is 17.8. The molecule has 186 valence electrons. The maximum Gasteiger partial charge on any atom is 0.421 e. The number of nitrogens with two attached hydrogens (primary N) is 1. The van der Waals surface area contributed by atoms with Gasteiger partial charge in [0.25, 0.3) is 0 Å². The number of piperidine rings is 1. The summed E-state index contributed by atoms with van der Waals surface area (Å²) >= 11 is 6.38. The van der Waals surface area contributed by atoms with Crippen LogP contribution in [0.25, 0.3) is 0 Å². The van der Waals surface area contributed by atoms with Crippen LogP contribution < -0.4 is 16.4 Å². The number of alkyl halides is 4. The van der Waals surface area contributed by atoms with Crippen LogP contribution in [-0.2, 0) is 11.0 Å². The molecule has 0 unspecified atom stereocenters. The smallest absolute Gasteiger partial charge is 0.421 e. The van der Waals surface area contributed by atoms with Gasteiger partial charge in [0.1, 0.15) is 23.6 Å². The fourth-order valence-electron chi connectivity index (χ4n) is 3.72. The van der Waals surface area contributed by atoms with Crippen molar-refractivity contribution in [2.45, 2.75) is 49.7 Å². The molecule has 2 fully saturated rings. The predicted octanol–water partition coefficient (Wildman–Crippen LogP) is 2.66. The highest BCUT2D eigenvalue weighted by atomic mass is 35.5. The highest BCUT2D eigenvalue weighted by Gasteiger charge is 2.37. The van der Waals surface area contributed by atoms with Gasteiger partial charge < -0.3 is 21.5 Å². The number of rotatable bonds is 8. The maximum absolute atomic E-state index is 14.9. The number of hydrogen-bond donors (Lipinski definition) is 4. The molecule has 4 rings (SSSR count). The van der Waals surface area contributed by atoms with E-state index in [1.807, 2.05) is 0 Å². The van der Waals surface area contributed by atoms with Crippen molar-refractivity contribution in [3.8, 4) is 0 Å². The minimum absolute atomic E-state index is 0.0185. The number of nitrogens with zero attached hydrogens (tertiary/aromatic N) is 5. The molecule has 3 heterocycles. The fraction of sp³-hybridized carbons (Fsp3) is 0.579. The minimum atomic E-state index is -4.61. The molecule has 1 saturated carbocycles. The molecule has 1 aliphatic heterocycles. The van der Waals surface area contributed by atoms with Crippen molar-refractivity contribution in [3.05, 3.63) is 23.1 Å².